The van der Waals surface area contributed by atoms with Gasteiger partial charge in [-0.05, 0) is 13.6 Å². The van der Waals surface area contributed by atoms with Crippen LogP contribution in [-0.4, -0.2) is 52.1 Å². The monoisotopic (exact) mass is 208 g/mol. The van der Waals surface area contributed by atoms with E-state index in [0.717, 1.165) is 6.26 Å². The van der Waals surface area contributed by atoms with Gasteiger partial charge in [-0.25, -0.2) is 0 Å². The summed E-state index contributed by atoms with van der Waals surface area (Å²) >= 11 is 0. The molecule has 0 bridgehead atoms. The standard InChI is InChI=1S/C7H14NO4S/c1-4-8(2)5-7(6-9)12-13(3,10)11/h7H,4-5H2,1-3H3. The highest BCUT2D eigenvalue weighted by Gasteiger charge is 2.16. The maximum atomic E-state index is 10.7. The van der Waals surface area contributed by atoms with Crippen LogP contribution in [0.1, 0.15) is 6.92 Å². The molecule has 0 aromatic rings. The zero-order valence-corrected chi connectivity index (χ0v) is 8.80. The number of hydrogen-bond acceptors (Lipinski definition) is 5. The zero-order chi connectivity index (χ0) is 10.5. The Morgan fingerprint density at radius 3 is 2.38 bits per heavy atom. The summed E-state index contributed by atoms with van der Waals surface area (Å²) in [5.74, 6) is 0. The normalized spacial score (nSPS) is 14.5. The van der Waals surface area contributed by atoms with Gasteiger partial charge in [0.1, 0.15) is 0 Å². The highest BCUT2D eigenvalue weighted by Crippen LogP contribution is 1.97. The Morgan fingerprint density at radius 2 is 2.08 bits per heavy atom. The molecule has 5 nitrogen and oxygen atoms in total. The summed E-state index contributed by atoms with van der Waals surface area (Å²) in [7, 11) is -1.82. The van der Waals surface area contributed by atoms with E-state index in [1.807, 2.05) is 6.92 Å². The molecule has 1 unspecified atom stereocenters. The van der Waals surface area contributed by atoms with E-state index in [-0.39, 0.29) is 6.54 Å². The third-order valence-electron chi connectivity index (χ3n) is 1.44. The number of carbonyl (C=O) groups excluding carboxylic acids is 1. The van der Waals surface area contributed by atoms with Gasteiger partial charge in [0, 0.05) is 6.54 Å². The second-order valence-electron chi connectivity index (χ2n) is 2.76. The summed E-state index contributed by atoms with van der Waals surface area (Å²) in [6, 6.07) is 0. The molecule has 0 aliphatic carbocycles. The van der Waals surface area contributed by atoms with Crippen molar-refractivity contribution in [1.82, 2.24) is 4.90 Å². The highest BCUT2D eigenvalue weighted by atomic mass is 32.2. The minimum Gasteiger partial charge on any atom is -0.304 e. The number of nitrogens with zero attached hydrogens (tertiary/aromatic N) is 1. The summed E-state index contributed by atoms with van der Waals surface area (Å²) in [6.07, 6.45) is 1.41. The van der Waals surface area contributed by atoms with Crippen LogP contribution in [0.5, 0.6) is 0 Å². The SMILES string of the molecule is CCN(C)CC([C]=O)OS(C)(=O)=O. The van der Waals surface area contributed by atoms with Gasteiger partial charge < -0.3 is 4.90 Å². The van der Waals surface area contributed by atoms with Gasteiger partial charge in [0.15, 0.2) is 6.10 Å². The summed E-state index contributed by atoms with van der Waals surface area (Å²) in [5, 5.41) is 0. The molecule has 77 valence electrons. The first-order valence-electron chi connectivity index (χ1n) is 3.83. The number of likely N-dealkylation sites (N-methyl/N-ethyl adjacent to an activating group) is 1. The predicted molar refractivity (Wildman–Crippen MR) is 48.6 cm³/mol. The Morgan fingerprint density at radius 1 is 1.54 bits per heavy atom. The van der Waals surface area contributed by atoms with Crippen molar-refractivity contribution >= 4 is 16.4 Å². The van der Waals surface area contributed by atoms with Crippen LogP contribution in [0.4, 0.5) is 0 Å². The fourth-order valence-electron chi connectivity index (χ4n) is 0.711. The van der Waals surface area contributed by atoms with Crippen LogP contribution in [0, 0.1) is 0 Å². The van der Waals surface area contributed by atoms with Crippen molar-refractivity contribution < 1.29 is 17.4 Å². The average Bonchev–Trinajstić information content (AvgIpc) is 2.00. The van der Waals surface area contributed by atoms with Crippen molar-refractivity contribution in [3.05, 3.63) is 0 Å². The van der Waals surface area contributed by atoms with Crippen molar-refractivity contribution in [1.29, 1.82) is 0 Å². The van der Waals surface area contributed by atoms with E-state index in [1.165, 1.54) is 6.29 Å². The first kappa shape index (κ1) is 12.5. The molecule has 0 saturated heterocycles. The Kier molecular flexibility index (Phi) is 5.12. The van der Waals surface area contributed by atoms with Gasteiger partial charge in [-0.3, -0.25) is 8.98 Å². The van der Waals surface area contributed by atoms with Crippen LogP contribution in [0.25, 0.3) is 0 Å². The lowest BCUT2D eigenvalue weighted by Crippen LogP contribution is -2.33. The van der Waals surface area contributed by atoms with Crippen LogP contribution in [0.2, 0.25) is 0 Å². The van der Waals surface area contributed by atoms with Crippen LogP contribution >= 0.6 is 0 Å². The van der Waals surface area contributed by atoms with Crippen LogP contribution in [-0.2, 0) is 19.1 Å². The van der Waals surface area contributed by atoms with Crippen LogP contribution in [0.3, 0.4) is 0 Å². The van der Waals surface area contributed by atoms with Crippen molar-refractivity contribution in [3.63, 3.8) is 0 Å². The molecule has 13 heavy (non-hydrogen) atoms. The second-order valence-corrected chi connectivity index (χ2v) is 4.36. The molecule has 0 saturated carbocycles. The summed E-state index contributed by atoms with van der Waals surface area (Å²) < 4.78 is 25.8. The fourth-order valence-corrected chi connectivity index (χ4v) is 1.23. The lowest BCUT2D eigenvalue weighted by atomic mass is 10.4. The fraction of sp³-hybridized carbons (Fsp3) is 0.857. The minimum absolute atomic E-state index is 0.229. The van der Waals surface area contributed by atoms with Crippen LogP contribution in [0.15, 0.2) is 0 Å². The third kappa shape index (κ3) is 6.68. The van der Waals surface area contributed by atoms with Crippen molar-refractivity contribution in [2.24, 2.45) is 0 Å². The van der Waals surface area contributed by atoms with Gasteiger partial charge in [-0.2, -0.15) is 8.42 Å². The molecule has 1 atom stereocenters. The van der Waals surface area contributed by atoms with E-state index in [4.69, 9.17) is 0 Å². The quantitative estimate of drug-likeness (QED) is 0.545. The third-order valence-corrected chi connectivity index (χ3v) is 2.02. The molecule has 0 aliphatic rings. The molecule has 6 heteroatoms. The lowest BCUT2D eigenvalue weighted by Gasteiger charge is -2.17. The van der Waals surface area contributed by atoms with Gasteiger partial charge in [0.2, 0.25) is 6.29 Å². The molecular formula is C7H14NO4S. The smallest absolute Gasteiger partial charge is 0.265 e. The van der Waals surface area contributed by atoms with E-state index in [9.17, 15) is 13.2 Å². The molecule has 0 aromatic carbocycles. The molecule has 0 fully saturated rings. The largest absolute Gasteiger partial charge is 0.304 e. The van der Waals surface area contributed by atoms with Crippen molar-refractivity contribution in [3.8, 4) is 0 Å². The van der Waals surface area contributed by atoms with E-state index in [0.29, 0.717) is 6.54 Å². The molecule has 0 N–H and O–H groups in total. The highest BCUT2D eigenvalue weighted by molar-refractivity contribution is 7.86. The minimum atomic E-state index is -3.58. The second kappa shape index (κ2) is 5.31. The Balaban J connectivity index is 4.12. The maximum absolute atomic E-state index is 10.7. The molecule has 0 aliphatic heterocycles. The molecule has 0 amide bonds. The van der Waals surface area contributed by atoms with Gasteiger partial charge in [-0.1, -0.05) is 6.92 Å². The van der Waals surface area contributed by atoms with Gasteiger partial charge in [0.05, 0.1) is 6.26 Å². The number of rotatable bonds is 6. The molecular weight excluding hydrogens is 194 g/mol. The van der Waals surface area contributed by atoms with Gasteiger partial charge in [-0.15, -0.1) is 0 Å². The topological polar surface area (TPSA) is 63.7 Å². The Bertz CT molecular complexity index is 249. The van der Waals surface area contributed by atoms with Gasteiger partial charge >= 0.3 is 0 Å². The van der Waals surface area contributed by atoms with E-state index in [1.54, 1.807) is 11.9 Å². The van der Waals surface area contributed by atoms with E-state index < -0.39 is 16.2 Å². The molecule has 0 spiro atoms. The van der Waals surface area contributed by atoms with Crippen molar-refractivity contribution in [2.45, 2.75) is 13.0 Å². The van der Waals surface area contributed by atoms with Crippen molar-refractivity contribution in [2.75, 3.05) is 26.4 Å². The number of hydrogen-bond donors (Lipinski definition) is 0. The van der Waals surface area contributed by atoms with Crippen LogP contribution < -0.4 is 0 Å². The Labute approximate surface area is 78.8 Å². The zero-order valence-electron chi connectivity index (χ0n) is 7.98. The summed E-state index contributed by atoms with van der Waals surface area (Å²) in [6.45, 7) is 2.83. The molecule has 1 radical (unpaired) electrons. The summed E-state index contributed by atoms with van der Waals surface area (Å²) in [5.41, 5.74) is 0. The van der Waals surface area contributed by atoms with E-state index >= 15 is 0 Å². The van der Waals surface area contributed by atoms with E-state index in [2.05, 4.69) is 4.18 Å². The molecule has 0 rings (SSSR count). The first-order chi connectivity index (χ1) is 5.89. The molecule has 0 heterocycles. The Hall–Kier alpha value is -0.460. The maximum Gasteiger partial charge on any atom is 0.265 e. The first-order valence-corrected chi connectivity index (χ1v) is 5.65. The molecule has 0 aromatic heterocycles. The predicted octanol–water partition coefficient (Wildman–Crippen LogP) is -0.607. The average molecular weight is 208 g/mol. The van der Waals surface area contributed by atoms with Gasteiger partial charge in [0.25, 0.3) is 10.1 Å². The summed E-state index contributed by atoms with van der Waals surface area (Å²) in [4.78, 5) is 12.1. The lowest BCUT2D eigenvalue weighted by molar-refractivity contribution is 0.204.